The van der Waals surface area contributed by atoms with Crippen molar-refractivity contribution in [1.29, 1.82) is 0 Å². The van der Waals surface area contributed by atoms with Crippen molar-refractivity contribution in [3.8, 4) is 11.5 Å². The number of hydrazone groups is 1. The smallest absolute Gasteiger partial charge is 0.280 e. The number of hydrogen-bond donors (Lipinski definition) is 0. The van der Waals surface area contributed by atoms with E-state index in [0.29, 0.717) is 44.6 Å². The van der Waals surface area contributed by atoms with Crippen molar-refractivity contribution >= 4 is 82.8 Å². The van der Waals surface area contributed by atoms with Gasteiger partial charge in [-0.2, -0.15) is 10.1 Å². The molecule has 1 aliphatic rings. The van der Waals surface area contributed by atoms with E-state index < -0.39 is 0 Å². The number of nitrogens with zero attached hydrogens (tertiary/aromatic N) is 2. The van der Waals surface area contributed by atoms with Gasteiger partial charge in [-0.3, -0.25) is 4.79 Å². The predicted octanol–water partition coefficient (Wildman–Crippen LogP) is 8.41. The van der Waals surface area contributed by atoms with Gasteiger partial charge in [-0.05, 0) is 87.7 Å². The summed E-state index contributed by atoms with van der Waals surface area (Å²) in [4.78, 5) is 13.2. The summed E-state index contributed by atoms with van der Waals surface area (Å²) in [6.45, 7) is 4.44. The molecule has 0 fully saturated rings. The Labute approximate surface area is 234 Å². The molecule has 0 N–H and O–H groups in total. The predicted molar refractivity (Wildman–Crippen MR) is 152 cm³/mol. The Hall–Kier alpha value is -2.13. The van der Waals surface area contributed by atoms with E-state index in [1.807, 2.05) is 68.4 Å². The molecule has 4 rings (SSSR count). The normalized spacial score (nSPS) is 14.5. The van der Waals surface area contributed by atoms with Crippen molar-refractivity contribution in [3.05, 3.63) is 89.7 Å². The lowest BCUT2D eigenvalue weighted by atomic mass is 10.1. The molecule has 3 aromatic carbocycles. The first-order valence-electron chi connectivity index (χ1n) is 10.7. The molecule has 3 aromatic rings. The van der Waals surface area contributed by atoms with Crippen molar-refractivity contribution in [2.45, 2.75) is 20.5 Å². The number of hydrogen-bond acceptors (Lipinski definition) is 4. The van der Waals surface area contributed by atoms with Gasteiger partial charge < -0.3 is 9.47 Å². The molecule has 0 saturated carbocycles. The molecule has 0 saturated heterocycles. The monoisotopic (exact) mass is 680 g/mol. The Balaban J connectivity index is 1.68. The van der Waals surface area contributed by atoms with Gasteiger partial charge in [0.1, 0.15) is 6.61 Å². The van der Waals surface area contributed by atoms with Crippen LogP contribution in [0.2, 0.25) is 5.02 Å². The van der Waals surface area contributed by atoms with Crippen LogP contribution in [0.1, 0.15) is 25.0 Å². The van der Waals surface area contributed by atoms with E-state index in [2.05, 4.69) is 52.9 Å². The molecule has 180 valence electrons. The topological polar surface area (TPSA) is 51.1 Å². The minimum Gasteiger partial charge on any atom is -0.490 e. The first-order chi connectivity index (χ1) is 16.8. The second kappa shape index (κ2) is 11.3. The van der Waals surface area contributed by atoms with Crippen molar-refractivity contribution < 1.29 is 14.3 Å². The van der Waals surface area contributed by atoms with Crippen LogP contribution >= 0.6 is 59.4 Å². The summed E-state index contributed by atoms with van der Waals surface area (Å²) in [6.07, 6.45) is 1.80. The molecule has 35 heavy (non-hydrogen) atoms. The lowest BCUT2D eigenvalue weighted by Crippen LogP contribution is -2.21. The Kier molecular flexibility index (Phi) is 8.37. The Bertz CT molecular complexity index is 1360. The average Bonchev–Trinajstić information content (AvgIpc) is 3.11. The van der Waals surface area contributed by atoms with Crippen LogP contribution in [0.15, 0.2) is 78.7 Å². The SMILES string of the molecule is CCOc1cc(/C=C2/C(=O)N(c3cccc(Br)c3)N=C2C)c(Br)c(Br)c1OCc1ccccc1Cl. The summed E-state index contributed by atoms with van der Waals surface area (Å²) in [5.74, 6) is 0.880. The minimum absolute atomic E-state index is 0.208. The summed E-state index contributed by atoms with van der Waals surface area (Å²) >= 11 is 17.0. The summed E-state index contributed by atoms with van der Waals surface area (Å²) in [5.41, 5.74) is 3.41. The first kappa shape index (κ1) is 25.9. The van der Waals surface area contributed by atoms with Crippen LogP contribution in [0.3, 0.4) is 0 Å². The van der Waals surface area contributed by atoms with Gasteiger partial charge >= 0.3 is 0 Å². The van der Waals surface area contributed by atoms with Crippen molar-refractivity contribution in [2.75, 3.05) is 11.6 Å². The van der Waals surface area contributed by atoms with E-state index in [1.165, 1.54) is 5.01 Å². The highest BCUT2D eigenvalue weighted by atomic mass is 79.9. The molecule has 1 heterocycles. The Morgan fingerprint density at radius 2 is 1.80 bits per heavy atom. The minimum atomic E-state index is -0.208. The fourth-order valence-corrected chi connectivity index (χ4v) is 5.02. The number of carbonyl (C=O) groups is 1. The third-order valence-corrected chi connectivity index (χ3v) is 8.21. The number of carbonyl (C=O) groups excluding carboxylic acids is 1. The zero-order valence-corrected chi connectivity index (χ0v) is 24.3. The molecule has 9 heteroatoms. The van der Waals surface area contributed by atoms with Gasteiger partial charge in [0.05, 0.1) is 28.1 Å². The van der Waals surface area contributed by atoms with Crippen LogP contribution in [0.4, 0.5) is 5.69 Å². The molecular weight excluding hydrogens is 663 g/mol. The molecule has 0 unspecified atom stereocenters. The Morgan fingerprint density at radius 3 is 2.51 bits per heavy atom. The largest absolute Gasteiger partial charge is 0.490 e. The van der Waals surface area contributed by atoms with Gasteiger partial charge in [0.2, 0.25) is 0 Å². The number of amides is 1. The molecule has 0 aromatic heterocycles. The third kappa shape index (κ3) is 5.66. The van der Waals surface area contributed by atoms with Crippen LogP contribution in [-0.2, 0) is 11.4 Å². The van der Waals surface area contributed by atoms with Gasteiger partial charge in [0.25, 0.3) is 5.91 Å². The van der Waals surface area contributed by atoms with Crippen LogP contribution < -0.4 is 14.5 Å². The quantitative estimate of drug-likeness (QED) is 0.235. The van der Waals surface area contributed by atoms with E-state index >= 15 is 0 Å². The standard InChI is InChI=1S/C26H20Br3ClN2O3/c1-3-34-22-12-17(23(28)24(29)25(22)35-14-16-7-4-5-10-21(16)30)11-20-15(2)31-32(26(20)33)19-9-6-8-18(27)13-19/h4-13H,3,14H2,1-2H3/b20-11+. The summed E-state index contributed by atoms with van der Waals surface area (Å²) in [5, 5.41) is 6.51. The average molecular weight is 684 g/mol. The maximum atomic E-state index is 13.2. The van der Waals surface area contributed by atoms with Crippen molar-refractivity contribution in [3.63, 3.8) is 0 Å². The maximum absolute atomic E-state index is 13.2. The molecule has 0 aliphatic carbocycles. The highest BCUT2D eigenvalue weighted by molar-refractivity contribution is 9.13. The van der Waals surface area contributed by atoms with E-state index in [-0.39, 0.29) is 12.5 Å². The van der Waals surface area contributed by atoms with Gasteiger partial charge in [-0.25, -0.2) is 0 Å². The number of halogens is 4. The van der Waals surface area contributed by atoms with Gasteiger partial charge in [-0.1, -0.05) is 51.8 Å². The molecular formula is C26H20Br3ClN2O3. The summed E-state index contributed by atoms with van der Waals surface area (Å²) in [7, 11) is 0. The van der Waals surface area contributed by atoms with E-state index in [4.69, 9.17) is 21.1 Å². The second-order valence-corrected chi connectivity index (χ2v) is 10.5. The fourth-order valence-electron chi connectivity index (χ4n) is 3.49. The number of anilines is 1. The molecule has 0 radical (unpaired) electrons. The summed E-state index contributed by atoms with van der Waals surface area (Å²) in [6, 6.07) is 16.8. The van der Waals surface area contributed by atoms with Gasteiger partial charge in [0, 0.05) is 19.5 Å². The molecule has 0 atom stereocenters. The maximum Gasteiger partial charge on any atom is 0.280 e. The van der Waals surface area contributed by atoms with Crippen LogP contribution in [0, 0.1) is 0 Å². The van der Waals surface area contributed by atoms with E-state index in [1.54, 1.807) is 6.08 Å². The number of ether oxygens (including phenoxy) is 2. The molecule has 0 bridgehead atoms. The second-order valence-electron chi connectivity index (χ2n) is 7.57. The van der Waals surface area contributed by atoms with Crippen LogP contribution in [0.5, 0.6) is 11.5 Å². The lowest BCUT2D eigenvalue weighted by molar-refractivity contribution is -0.114. The van der Waals surface area contributed by atoms with Gasteiger partial charge in [0.15, 0.2) is 11.5 Å². The van der Waals surface area contributed by atoms with Crippen molar-refractivity contribution in [1.82, 2.24) is 0 Å². The number of benzene rings is 3. The molecule has 1 aliphatic heterocycles. The molecule has 1 amide bonds. The lowest BCUT2D eigenvalue weighted by Gasteiger charge is -2.17. The highest BCUT2D eigenvalue weighted by Crippen LogP contribution is 2.44. The third-order valence-electron chi connectivity index (χ3n) is 5.20. The van der Waals surface area contributed by atoms with E-state index in [9.17, 15) is 4.79 Å². The zero-order valence-electron chi connectivity index (χ0n) is 18.8. The summed E-state index contributed by atoms with van der Waals surface area (Å²) < 4.78 is 14.3. The van der Waals surface area contributed by atoms with Crippen LogP contribution in [-0.4, -0.2) is 18.2 Å². The number of rotatable bonds is 7. The van der Waals surface area contributed by atoms with E-state index in [0.717, 1.165) is 20.1 Å². The Morgan fingerprint density at radius 1 is 1.03 bits per heavy atom. The van der Waals surface area contributed by atoms with Crippen molar-refractivity contribution in [2.24, 2.45) is 5.10 Å². The highest BCUT2D eigenvalue weighted by Gasteiger charge is 2.29. The van der Waals surface area contributed by atoms with Crippen LogP contribution in [0.25, 0.3) is 6.08 Å². The van der Waals surface area contributed by atoms with Gasteiger partial charge in [-0.15, -0.1) is 0 Å². The fraction of sp³-hybridized carbons (Fsp3) is 0.154. The molecule has 0 spiro atoms. The first-order valence-corrected chi connectivity index (χ1v) is 13.4. The molecule has 5 nitrogen and oxygen atoms in total. The zero-order chi connectivity index (χ0) is 25.1.